The number of nitrogens with zero attached hydrogens (tertiary/aromatic N) is 4. The molecule has 0 radical (unpaired) electrons. The Hall–Kier alpha value is -3.17. The second-order valence-corrected chi connectivity index (χ2v) is 7.03. The fraction of sp³-hybridized carbons (Fsp3) is 0.526. The van der Waals surface area contributed by atoms with Crippen LogP contribution >= 0.6 is 0 Å². The SMILES string of the molecule is COC(=O)N[C@H]1CCCC[C@H]1Nc1nc(C)c(C(=O)OC)c(-c2cnn(C)c2)n1. The Morgan fingerprint density at radius 2 is 1.86 bits per heavy atom. The van der Waals surface area contributed by atoms with E-state index in [1.165, 1.54) is 14.2 Å². The second kappa shape index (κ2) is 8.89. The standard InChI is InChI=1S/C19H26N6O4/c1-11-15(17(26)28-3)16(12-9-20-25(2)10-12)24-18(21-11)22-13-7-5-6-8-14(13)23-19(27)29-4/h9-10,13-14H,5-8H2,1-4H3,(H,23,27)(H,21,22,24)/t13-,14+/m1/s1. The normalized spacial score (nSPS) is 18.8. The van der Waals surface area contributed by atoms with E-state index in [-0.39, 0.29) is 12.1 Å². The summed E-state index contributed by atoms with van der Waals surface area (Å²) in [5.41, 5.74) is 1.95. The zero-order valence-electron chi connectivity index (χ0n) is 17.1. The zero-order valence-corrected chi connectivity index (χ0v) is 17.1. The highest BCUT2D eigenvalue weighted by molar-refractivity contribution is 5.97. The van der Waals surface area contributed by atoms with Crippen molar-refractivity contribution in [3.05, 3.63) is 23.7 Å². The molecule has 10 heteroatoms. The zero-order chi connectivity index (χ0) is 21.0. The van der Waals surface area contributed by atoms with E-state index in [1.54, 1.807) is 31.0 Å². The van der Waals surface area contributed by atoms with Crippen LogP contribution in [0.3, 0.4) is 0 Å². The molecule has 1 aliphatic carbocycles. The van der Waals surface area contributed by atoms with E-state index >= 15 is 0 Å². The maximum Gasteiger partial charge on any atom is 0.407 e. The van der Waals surface area contributed by atoms with Gasteiger partial charge >= 0.3 is 12.1 Å². The molecule has 1 aliphatic rings. The molecular formula is C19H26N6O4. The van der Waals surface area contributed by atoms with Gasteiger partial charge in [0.2, 0.25) is 5.95 Å². The van der Waals surface area contributed by atoms with E-state index < -0.39 is 12.1 Å². The Kier molecular flexibility index (Phi) is 6.30. The van der Waals surface area contributed by atoms with Gasteiger partial charge in [-0.1, -0.05) is 12.8 Å². The van der Waals surface area contributed by atoms with E-state index in [1.807, 2.05) is 0 Å². The Morgan fingerprint density at radius 1 is 1.14 bits per heavy atom. The number of anilines is 1. The van der Waals surface area contributed by atoms with Crippen molar-refractivity contribution in [3.63, 3.8) is 0 Å². The number of esters is 1. The van der Waals surface area contributed by atoms with Crippen molar-refractivity contribution in [2.24, 2.45) is 7.05 Å². The largest absolute Gasteiger partial charge is 0.465 e. The molecule has 0 saturated heterocycles. The van der Waals surface area contributed by atoms with Crippen molar-refractivity contribution < 1.29 is 19.1 Å². The van der Waals surface area contributed by atoms with Crippen molar-refractivity contribution in [1.82, 2.24) is 25.1 Å². The highest BCUT2D eigenvalue weighted by Gasteiger charge is 2.28. The first kappa shape index (κ1) is 20.6. The Balaban J connectivity index is 1.94. The molecule has 156 valence electrons. The number of hydrogen-bond acceptors (Lipinski definition) is 8. The molecule has 2 N–H and O–H groups in total. The minimum atomic E-state index is -0.504. The van der Waals surface area contributed by atoms with Gasteiger partial charge in [0, 0.05) is 24.8 Å². The van der Waals surface area contributed by atoms with Gasteiger partial charge < -0.3 is 20.1 Å². The third kappa shape index (κ3) is 4.64. The number of methoxy groups -OCH3 is 2. The number of aryl methyl sites for hydroxylation is 2. The lowest BCUT2D eigenvalue weighted by Gasteiger charge is -2.32. The van der Waals surface area contributed by atoms with Crippen LogP contribution in [0.4, 0.5) is 10.7 Å². The van der Waals surface area contributed by atoms with Crippen molar-refractivity contribution in [2.75, 3.05) is 19.5 Å². The van der Waals surface area contributed by atoms with Gasteiger partial charge in [0.25, 0.3) is 0 Å². The maximum absolute atomic E-state index is 12.3. The number of hydrogen-bond donors (Lipinski definition) is 2. The minimum Gasteiger partial charge on any atom is -0.465 e. The number of carbonyl (C=O) groups excluding carboxylic acids is 2. The van der Waals surface area contributed by atoms with Gasteiger partial charge in [-0.2, -0.15) is 5.10 Å². The van der Waals surface area contributed by atoms with Gasteiger partial charge in [-0.25, -0.2) is 19.6 Å². The third-order valence-corrected chi connectivity index (χ3v) is 5.03. The molecule has 0 unspecified atom stereocenters. The molecule has 2 aromatic rings. The summed E-state index contributed by atoms with van der Waals surface area (Å²) in [5.74, 6) is -0.117. The van der Waals surface area contributed by atoms with Crippen molar-refractivity contribution in [2.45, 2.75) is 44.7 Å². The number of aromatic nitrogens is 4. The van der Waals surface area contributed by atoms with E-state index in [2.05, 4.69) is 25.7 Å². The molecule has 1 fully saturated rings. The highest BCUT2D eigenvalue weighted by Crippen LogP contribution is 2.27. The second-order valence-electron chi connectivity index (χ2n) is 7.03. The summed E-state index contributed by atoms with van der Waals surface area (Å²) < 4.78 is 11.3. The van der Waals surface area contributed by atoms with Gasteiger partial charge in [0.05, 0.1) is 37.8 Å². The van der Waals surface area contributed by atoms with Crippen LogP contribution in [-0.4, -0.2) is 58.1 Å². The first-order valence-corrected chi connectivity index (χ1v) is 9.50. The number of carbonyl (C=O) groups is 2. The summed E-state index contributed by atoms with van der Waals surface area (Å²) in [5, 5.41) is 10.4. The monoisotopic (exact) mass is 402 g/mol. The van der Waals surface area contributed by atoms with Crippen LogP contribution in [-0.2, 0) is 16.5 Å². The Bertz CT molecular complexity index is 897. The van der Waals surface area contributed by atoms with Gasteiger partial charge in [-0.15, -0.1) is 0 Å². The van der Waals surface area contributed by atoms with Crippen LogP contribution in [0.25, 0.3) is 11.3 Å². The fourth-order valence-electron chi connectivity index (χ4n) is 3.59. The van der Waals surface area contributed by atoms with Crippen LogP contribution in [0.2, 0.25) is 0 Å². The molecule has 0 spiro atoms. The number of nitrogens with one attached hydrogen (secondary N) is 2. The van der Waals surface area contributed by atoms with E-state index in [0.29, 0.717) is 28.5 Å². The molecule has 0 aromatic carbocycles. The maximum atomic E-state index is 12.3. The van der Waals surface area contributed by atoms with Gasteiger partial charge in [-0.05, 0) is 19.8 Å². The summed E-state index contributed by atoms with van der Waals surface area (Å²) in [6, 6.07) is -0.143. The third-order valence-electron chi connectivity index (χ3n) is 5.03. The summed E-state index contributed by atoms with van der Waals surface area (Å²) in [6.07, 6.45) is 6.71. The Morgan fingerprint density at radius 3 is 2.48 bits per heavy atom. The summed E-state index contributed by atoms with van der Waals surface area (Å²) in [6.45, 7) is 1.74. The molecule has 1 amide bonds. The van der Waals surface area contributed by atoms with Gasteiger partial charge in [0.15, 0.2) is 0 Å². The topological polar surface area (TPSA) is 120 Å². The molecule has 2 atom stereocenters. The van der Waals surface area contributed by atoms with E-state index in [4.69, 9.17) is 9.47 Å². The highest BCUT2D eigenvalue weighted by atomic mass is 16.5. The Labute approximate surface area is 169 Å². The molecule has 10 nitrogen and oxygen atoms in total. The van der Waals surface area contributed by atoms with E-state index in [0.717, 1.165) is 25.7 Å². The smallest absolute Gasteiger partial charge is 0.407 e. The van der Waals surface area contributed by atoms with Gasteiger partial charge in [-0.3, -0.25) is 4.68 Å². The number of alkyl carbamates (subject to hydrolysis) is 1. The van der Waals surface area contributed by atoms with Crippen LogP contribution in [0.1, 0.15) is 41.7 Å². The molecule has 0 aliphatic heterocycles. The first-order chi connectivity index (χ1) is 13.9. The minimum absolute atomic E-state index is 0.0482. The lowest BCUT2D eigenvalue weighted by Crippen LogP contribution is -2.48. The molecular weight excluding hydrogens is 376 g/mol. The summed E-state index contributed by atoms with van der Waals surface area (Å²) in [7, 11) is 4.46. The number of ether oxygens (including phenoxy) is 2. The predicted molar refractivity (Wildman–Crippen MR) is 106 cm³/mol. The van der Waals surface area contributed by atoms with Crippen molar-refractivity contribution in [3.8, 4) is 11.3 Å². The van der Waals surface area contributed by atoms with Crippen molar-refractivity contribution in [1.29, 1.82) is 0 Å². The lowest BCUT2D eigenvalue weighted by atomic mass is 9.90. The molecule has 2 heterocycles. The van der Waals surface area contributed by atoms with Crippen LogP contribution in [0.15, 0.2) is 12.4 Å². The average molecular weight is 402 g/mol. The van der Waals surface area contributed by atoms with Crippen LogP contribution in [0, 0.1) is 6.92 Å². The van der Waals surface area contributed by atoms with Crippen LogP contribution < -0.4 is 10.6 Å². The summed E-state index contributed by atoms with van der Waals surface area (Å²) >= 11 is 0. The van der Waals surface area contributed by atoms with Crippen LogP contribution in [0.5, 0.6) is 0 Å². The predicted octanol–water partition coefficient (Wildman–Crippen LogP) is 2.05. The first-order valence-electron chi connectivity index (χ1n) is 9.50. The quantitative estimate of drug-likeness (QED) is 0.729. The molecule has 3 rings (SSSR count). The fourth-order valence-corrected chi connectivity index (χ4v) is 3.59. The number of rotatable bonds is 5. The van der Waals surface area contributed by atoms with Gasteiger partial charge in [0.1, 0.15) is 5.56 Å². The molecule has 2 aromatic heterocycles. The average Bonchev–Trinajstić information content (AvgIpc) is 3.14. The summed E-state index contributed by atoms with van der Waals surface area (Å²) in [4.78, 5) is 33.1. The van der Waals surface area contributed by atoms with Crippen molar-refractivity contribution >= 4 is 18.0 Å². The molecule has 1 saturated carbocycles. The molecule has 0 bridgehead atoms. The van der Waals surface area contributed by atoms with E-state index in [9.17, 15) is 9.59 Å². The lowest BCUT2D eigenvalue weighted by molar-refractivity contribution is 0.0600. The molecule has 29 heavy (non-hydrogen) atoms. The number of amides is 1.